The molecule has 19 heavy (non-hydrogen) atoms. The molecule has 0 heterocycles. The van der Waals surface area contributed by atoms with Crippen LogP contribution in [0.1, 0.15) is 23.1 Å². The molecule has 0 amide bonds. The zero-order valence-corrected chi connectivity index (χ0v) is 10.7. The van der Waals surface area contributed by atoms with E-state index < -0.39 is 0 Å². The van der Waals surface area contributed by atoms with Crippen LogP contribution in [0.4, 0.5) is 5.69 Å². The third-order valence-corrected chi connectivity index (χ3v) is 3.60. The fourth-order valence-corrected chi connectivity index (χ4v) is 2.53. The molecule has 0 atom stereocenters. The van der Waals surface area contributed by atoms with Crippen molar-refractivity contribution in [3.8, 4) is 11.5 Å². The van der Waals surface area contributed by atoms with Gasteiger partial charge in [0, 0.05) is 0 Å². The van der Waals surface area contributed by atoms with Gasteiger partial charge in [0.25, 0.3) is 0 Å². The molecule has 0 aliphatic heterocycles. The van der Waals surface area contributed by atoms with Crippen LogP contribution in [0.15, 0.2) is 36.4 Å². The fourth-order valence-electron chi connectivity index (χ4n) is 2.53. The summed E-state index contributed by atoms with van der Waals surface area (Å²) in [5, 5.41) is 9.52. The Morgan fingerprint density at radius 1 is 1.11 bits per heavy atom. The summed E-state index contributed by atoms with van der Waals surface area (Å²) in [6.45, 7) is 0.473. The van der Waals surface area contributed by atoms with Gasteiger partial charge in [0.1, 0.15) is 23.8 Å². The van der Waals surface area contributed by atoms with Crippen molar-refractivity contribution in [2.45, 2.75) is 25.9 Å². The average Bonchev–Trinajstić information content (AvgIpc) is 2.88. The van der Waals surface area contributed by atoms with Crippen LogP contribution in [0.3, 0.4) is 0 Å². The number of hydrogen-bond donors (Lipinski definition) is 2. The molecular weight excluding hydrogens is 238 g/mol. The quantitative estimate of drug-likeness (QED) is 0.654. The Morgan fingerprint density at radius 2 is 1.95 bits per heavy atom. The smallest absolute Gasteiger partial charge is 0.146 e. The lowest BCUT2D eigenvalue weighted by molar-refractivity contribution is 0.306. The molecule has 3 rings (SSSR count). The minimum atomic E-state index is 0.0615. The van der Waals surface area contributed by atoms with E-state index in [9.17, 15) is 5.11 Å². The molecule has 1 aliphatic carbocycles. The number of para-hydroxylation sites is 1. The lowest BCUT2D eigenvalue weighted by Gasteiger charge is -2.10. The number of benzene rings is 2. The van der Waals surface area contributed by atoms with E-state index in [1.165, 1.54) is 24.0 Å². The van der Waals surface area contributed by atoms with E-state index >= 15 is 0 Å². The number of phenolic OH excluding ortho intramolecular Hbond substituents is 1. The summed E-state index contributed by atoms with van der Waals surface area (Å²) in [6, 6.07) is 11.5. The summed E-state index contributed by atoms with van der Waals surface area (Å²) < 4.78 is 5.68. The Balaban J connectivity index is 1.74. The van der Waals surface area contributed by atoms with E-state index in [0.29, 0.717) is 18.0 Å². The molecule has 2 aromatic carbocycles. The van der Waals surface area contributed by atoms with Crippen molar-refractivity contribution in [2.75, 3.05) is 5.73 Å². The number of hydrogen-bond acceptors (Lipinski definition) is 3. The standard InChI is InChI=1S/C16H17NO2/c17-16-14(18)5-2-6-15(16)19-10-11-7-8-12-3-1-4-13(12)9-11/h2,5-9,18H,1,3-4,10,17H2. The zero-order chi connectivity index (χ0) is 13.2. The van der Waals surface area contributed by atoms with E-state index in [1.54, 1.807) is 18.2 Å². The lowest BCUT2D eigenvalue weighted by atomic mass is 10.1. The molecule has 0 unspecified atom stereocenters. The fraction of sp³-hybridized carbons (Fsp3) is 0.250. The van der Waals surface area contributed by atoms with E-state index in [-0.39, 0.29) is 5.75 Å². The molecule has 0 radical (unpaired) electrons. The minimum Gasteiger partial charge on any atom is -0.506 e. The third kappa shape index (κ3) is 2.36. The Kier molecular flexibility index (Phi) is 3.03. The normalized spacial score (nSPS) is 13.3. The highest BCUT2D eigenvalue weighted by Gasteiger charge is 2.11. The first kappa shape index (κ1) is 11.9. The maximum Gasteiger partial charge on any atom is 0.146 e. The van der Waals surface area contributed by atoms with Gasteiger partial charge in [-0.3, -0.25) is 0 Å². The Labute approximate surface area is 112 Å². The average molecular weight is 255 g/mol. The highest BCUT2D eigenvalue weighted by Crippen LogP contribution is 2.31. The van der Waals surface area contributed by atoms with Crippen LogP contribution in [0, 0.1) is 0 Å². The van der Waals surface area contributed by atoms with Gasteiger partial charge in [0.05, 0.1) is 0 Å². The molecular formula is C16H17NO2. The monoisotopic (exact) mass is 255 g/mol. The number of nitrogen functional groups attached to an aromatic ring is 1. The molecule has 3 heteroatoms. The predicted octanol–water partition coefficient (Wildman–Crippen LogP) is 3.04. The van der Waals surface area contributed by atoms with Gasteiger partial charge >= 0.3 is 0 Å². The first-order chi connectivity index (χ1) is 9.24. The van der Waals surface area contributed by atoms with Crippen molar-refractivity contribution in [3.05, 3.63) is 53.1 Å². The molecule has 0 aromatic heterocycles. The van der Waals surface area contributed by atoms with Crippen molar-refractivity contribution < 1.29 is 9.84 Å². The molecule has 1 aliphatic rings. The summed E-state index contributed by atoms with van der Waals surface area (Å²) in [7, 11) is 0. The number of fused-ring (bicyclic) bond motifs is 1. The predicted molar refractivity (Wildman–Crippen MR) is 75.3 cm³/mol. The second-order valence-corrected chi connectivity index (χ2v) is 4.93. The minimum absolute atomic E-state index is 0.0615. The number of nitrogens with two attached hydrogens (primary N) is 1. The summed E-state index contributed by atoms with van der Waals surface area (Å²) in [5.41, 5.74) is 10.1. The van der Waals surface area contributed by atoms with Crippen molar-refractivity contribution in [1.29, 1.82) is 0 Å². The molecule has 2 aromatic rings. The first-order valence-corrected chi connectivity index (χ1v) is 6.55. The van der Waals surface area contributed by atoms with Crippen LogP contribution in [-0.2, 0) is 19.4 Å². The van der Waals surface area contributed by atoms with Gasteiger partial charge in [0.15, 0.2) is 0 Å². The molecule has 0 saturated carbocycles. The van der Waals surface area contributed by atoms with Crippen LogP contribution in [0.5, 0.6) is 11.5 Å². The van der Waals surface area contributed by atoms with Gasteiger partial charge in [-0.05, 0) is 48.1 Å². The van der Waals surface area contributed by atoms with Gasteiger partial charge in [-0.25, -0.2) is 0 Å². The Morgan fingerprint density at radius 3 is 2.84 bits per heavy atom. The Hall–Kier alpha value is -2.16. The number of ether oxygens (including phenoxy) is 1. The van der Waals surface area contributed by atoms with Crippen LogP contribution in [0.25, 0.3) is 0 Å². The number of rotatable bonds is 3. The molecule has 0 spiro atoms. The van der Waals surface area contributed by atoms with Crippen LogP contribution >= 0.6 is 0 Å². The van der Waals surface area contributed by atoms with E-state index in [1.807, 2.05) is 0 Å². The number of anilines is 1. The molecule has 0 saturated heterocycles. The van der Waals surface area contributed by atoms with E-state index in [4.69, 9.17) is 10.5 Å². The van der Waals surface area contributed by atoms with Crippen LogP contribution in [-0.4, -0.2) is 5.11 Å². The van der Waals surface area contributed by atoms with Gasteiger partial charge in [-0.2, -0.15) is 0 Å². The number of aromatic hydroxyl groups is 1. The number of aryl methyl sites for hydroxylation is 2. The maximum absolute atomic E-state index is 9.52. The van der Waals surface area contributed by atoms with E-state index in [2.05, 4.69) is 18.2 Å². The molecule has 0 bridgehead atoms. The molecule has 3 nitrogen and oxygen atoms in total. The Bertz CT molecular complexity index is 608. The van der Waals surface area contributed by atoms with Crippen LogP contribution in [0.2, 0.25) is 0 Å². The SMILES string of the molecule is Nc1c(O)cccc1OCc1ccc2c(c1)CCC2. The van der Waals surface area contributed by atoms with Gasteiger partial charge in [-0.15, -0.1) is 0 Å². The van der Waals surface area contributed by atoms with Gasteiger partial charge in [0.2, 0.25) is 0 Å². The van der Waals surface area contributed by atoms with Crippen molar-refractivity contribution in [3.63, 3.8) is 0 Å². The molecule has 0 fully saturated rings. The van der Waals surface area contributed by atoms with Crippen molar-refractivity contribution >= 4 is 5.69 Å². The maximum atomic E-state index is 9.52. The van der Waals surface area contributed by atoms with Gasteiger partial charge in [-0.1, -0.05) is 24.3 Å². The highest BCUT2D eigenvalue weighted by atomic mass is 16.5. The zero-order valence-electron chi connectivity index (χ0n) is 10.7. The van der Waals surface area contributed by atoms with Crippen molar-refractivity contribution in [1.82, 2.24) is 0 Å². The second-order valence-electron chi connectivity index (χ2n) is 4.93. The molecule has 3 N–H and O–H groups in total. The summed E-state index contributed by atoms with van der Waals surface area (Å²) in [4.78, 5) is 0. The summed E-state index contributed by atoms with van der Waals surface area (Å²) in [6.07, 6.45) is 3.60. The topological polar surface area (TPSA) is 55.5 Å². The first-order valence-electron chi connectivity index (χ1n) is 6.55. The van der Waals surface area contributed by atoms with E-state index in [0.717, 1.165) is 12.0 Å². The second kappa shape index (κ2) is 4.84. The summed E-state index contributed by atoms with van der Waals surface area (Å²) >= 11 is 0. The number of phenols is 1. The summed E-state index contributed by atoms with van der Waals surface area (Å²) in [5.74, 6) is 0.590. The largest absolute Gasteiger partial charge is 0.506 e. The van der Waals surface area contributed by atoms with Crippen molar-refractivity contribution in [2.24, 2.45) is 0 Å². The molecule has 98 valence electrons. The lowest BCUT2D eigenvalue weighted by Crippen LogP contribution is -1.99. The third-order valence-electron chi connectivity index (χ3n) is 3.60. The van der Waals surface area contributed by atoms with Crippen LogP contribution < -0.4 is 10.5 Å². The highest BCUT2D eigenvalue weighted by molar-refractivity contribution is 5.61. The van der Waals surface area contributed by atoms with Gasteiger partial charge < -0.3 is 15.6 Å².